The first-order chi connectivity index (χ1) is 12.0. The van der Waals surface area contributed by atoms with E-state index in [1.165, 1.54) is 13.2 Å². The van der Waals surface area contributed by atoms with E-state index < -0.39 is 17.5 Å². The maximum Gasteiger partial charge on any atom is 0.246 e. The molecule has 0 radical (unpaired) electrons. The van der Waals surface area contributed by atoms with Crippen LogP contribution in [0.25, 0.3) is 0 Å². The molecule has 0 aromatic carbocycles. The number of alkyl halides is 2. The van der Waals surface area contributed by atoms with Crippen molar-refractivity contribution in [1.82, 2.24) is 15.1 Å². The third-order valence-corrected chi connectivity index (χ3v) is 5.45. The summed E-state index contributed by atoms with van der Waals surface area (Å²) in [6.45, 7) is 7.53. The van der Waals surface area contributed by atoms with Gasteiger partial charge in [0.2, 0.25) is 11.8 Å². The number of carbonyl (C=O) groups excluding carboxylic acids is 2. The lowest BCUT2D eigenvalue weighted by molar-refractivity contribution is -0.132. The fourth-order valence-electron chi connectivity index (χ4n) is 3.40. The lowest BCUT2D eigenvalue weighted by atomic mass is 9.84. The summed E-state index contributed by atoms with van der Waals surface area (Å²) < 4.78 is 19.1. The van der Waals surface area contributed by atoms with E-state index in [1.54, 1.807) is 4.90 Å². The molecule has 25 heavy (non-hydrogen) atoms. The van der Waals surface area contributed by atoms with Gasteiger partial charge in [-0.2, -0.15) is 0 Å². The molecule has 6 nitrogen and oxygen atoms in total. The smallest absolute Gasteiger partial charge is 0.246 e. The normalized spacial score (nSPS) is 30.8. The minimum absolute atomic E-state index is 0.0470. The Kier molecular flexibility index (Phi) is 7.65. The van der Waals surface area contributed by atoms with E-state index in [9.17, 15) is 14.0 Å². The van der Waals surface area contributed by atoms with Crippen molar-refractivity contribution in [2.24, 2.45) is 5.92 Å². The molecule has 4 atom stereocenters. The Balaban J connectivity index is 1.72. The van der Waals surface area contributed by atoms with Crippen LogP contribution in [0, 0.1) is 5.92 Å². The molecule has 1 aliphatic carbocycles. The molecular weight excluding hydrogens is 349 g/mol. The largest absolute Gasteiger partial charge is 0.381 e. The van der Waals surface area contributed by atoms with Gasteiger partial charge >= 0.3 is 0 Å². The van der Waals surface area contributed by atoms with Gasteiger partial charge < -0.3 is 15.0 Å². The predicted molar refractivity (Wildman–Crippen MR) is 94.3 cm³/mol. The number of hydrogen-bond acceptors (Lipinski definition) is 4. The first-order valence-corrected chi connectivity index (χ1v) is 9.12. The third kappa shape index (κ3) is 5.39. The average molecular weight is 376 g/mol. The summed E-state index contributed by atoms with van der Waals surface area (Å²) in [5, 5.41) is 2.28. The molecule has 1 aliphatic heterocycles. The standard InChI is InChI=1S/C17H27ClFN3O3/c1-3-16(23)22-8-6-21(7-9-22)5-4-20-17(24)12-10-14(19)13(18)11-15(12)25-2/h3,12-15H,1,4-11H2,2H3,(H,20,24). The molecule has 2 amide bonds. The van der Waals surface area contributed by atoms with Crippen LogP contribution in [0.2, 0.25) is 0 Å². The van der Waals surface area contributed by atoms with Crippen LogP contribution in [0.5, 0.6) is 0 Å². The molecule has 0 bridgehead atoms. The van der Waals surface area contributed by atoms with Crippen LogP contribution in [-0.4, -0.2) is 85.6 Å². The van der Waals surface area contributed by atoms with Gasteiger partial charge in [-0.25, -0.2) is 4.39 Å². The number of rotatable bonds is 6. The summed E-state index contributed by atoms with van der Waals surface area (Å²) >= 11 is 5.93. The zero-order valence-corrected chi connectivity index (χ0v) is 15.4. The zero-order chi connectivity index (χ0) is 18.4. The highest BCUT2D eigenvalue weighted by Gasteiger charge is 2.40. The summed E-state index contributed by atoms with van der Waals surface area (Å²) in [5.41, 5.74) is 0. The molecule has 1 heterocycles. The van der Waals surface area contributed by atoms with Crippen molar-refractivity contribution in [3.05, 3.63) is 12.7 Å². The van der Waals surface area contributed by atoms with Crippen molar-refractivity contribution < 1.29 is 18.7 Å². The Hall–Kier alpha value is -1.18. The highest BCUT2D eigenvalue weighted by atomic mass is 35.5. The van der Waals surface area contributed by atoms with Crippen LogP contribution in [0.15, 0.2) is 12.7 Å². The number of amides is 2. The number of methoxy groups -OCH3 is 1. The number of halogens is 2. The van der Waals surface area contributed by atoms with Crippen LogP contribution in [0.4, 0.5) is 4.39 Å². The molecule has 8 heteroatoms. The molecule has 2 aliphatic rings. The molecular formula is C17H27ClFN3O3. The topological polar surface area (TPSA) is 61.9 Å². The fraction of sp³-hybridized carbons (Fsp3) is 0.765. The summed E-state index contributed by atoms with van der Waals surface area (Å²) in [6.07, 6.45) is 0.245. The minimum Gasteiger partial charge on any atom is -0.381 e. The van der Waals surface area contributed by atoms with E-state index in [4.69, 9.17) is 16.3 Å². The van der Waals surface area contributed by atoms with Crippen LogP contribution < -0.4 is 5.32 Å². The molecule has 2 fully saturated rings. The number of nitrogens with one attached hydrogen (secondary N) is 1. The Bertz CT molecular complexity index is 486. The van der Waals surface area contributed by atoms with Gasteiger partial charge in [0.15, 0.2) is 0 Å². The quantitative estimate of drug-likeness (QED) is 0.551. The monoisotopic (exact) mass is 375 g/mol. The molecule has 0 aromatic heterocycles. The average Bonchev–Trinajstić information content (AvgIpc) is 2.63. The van der Waals surface area contributed by atoms with Gasteiger partial charge in [0.25, 0.3) is 0 Å². The van der Waals surface area contributed by atoms with Crippen molar-refractivity contribution >= 4 is 23.4 Å². The van der Waals surface area contributed by atoms with Crippen molar-refractivity contribution in [1.29, 1.82) is 0 Å². The fourth-order valence-corrected chi connectivity index (χ4v) is 3.68. The molecule has 4 unspecified atom stereocenters. The number of nitrogens with zero attached hydrogens (tertiary/aromatic N) is 2. The molecule has 0 spiro atoms. The lowest BCUT2D eigenvalue weighted by Crippen LogP contribution is -2.51. The van der Waals surface area contributed by atoms with E-state index >= 15 is 0 Å². The van der Waals surface area contributed by atoms with Gasteiger partial charge in [-0.15, -0.1) is 11.6 Å². The van der Waals surface area contributed by atoms with Crippen LogP contribution in [0.1, 0.15) is 12.8 Å². The van der Waals surface area contributed by atoms with Crippen LogP contribution in [-0.2, 0) is 14.3 Å². The van der Waals surface area contributed by atoms with E-state index in [0.29, 0.717) is 32.6 Å². The molecule has 2 rings (SSSR count). The Morgan fingerprint density at radius 1 is 1.32 bits per heavy atom. The van der Waals surface area contributed by atoms with E-state index in [0.717, 1.165) is 13.1 Å². The number of carbonyl (C=O) groups is 2. The summed E-state index contributed by atoms with van der Waals surface area (Å²) in [4.78, 5) is 27.8. The van der Waals surface area contributed by atoms with Gasteiger partial charge in [-0.3, -0.25) is 14.5 Å². The first kappa shape index (κ1) is 20.1. The van der Waals surface area contributed by atoms with Gasteiger partial charge in [-0.05, 0) is 18.9 Å². The summed E-state index contributed by atoms with van der Waals surface area (Å²) in [7, 11) is 1.52. The summed E-state index contributed by atoms with van der Waals surface area (Å²) in [5.74, 6) is -0.732. The van der Waals surface area contributed by atoms with Crippen molar-refractivity contribution in [2.75, 3.05) is 46.4 Å². The van der Waals surface area contributed by atoms with Gasteiger partial charge in [-0.1, -0.05) is 6.58 Å². The molecule has 142 valence electrons. The molecule has 1 saturated heterocycles. The maximum absolute atomic E-state index is 13.8. The minimum atomic E-state index is -1.18. The molecule has 1 saturated carbocycles. The predicted octanol–water partition coefficient (Wildman–Crippen LogP) is 0.803. The highest BCUT2D eigenvalue weighted by molar-refractivity contribution is 6.21. The second-order valence-electron chi connectivity index (χ2n) is 6.55. The molecule has 0 aromatic rings. The lowest BCUT2D eigenvalue weighted by Gasteiger charge is -2.35. The van der Waals surface area contributed by atoms with Gasteiger partial charge in [0.1, 0.15) is 6.17 Å². The van der Waals surface area contributed by atoms with E-state index in [1.807, 2.05) is 0 Å². The highest BCUT2D eigenvalue weighted by Crippen LogP contribution is 2.32. The van der Waals surface area contributed by atoms with Crippen molar-refractivity contribution in [3.8, 4) is 0 Å². The van der Waals surface area contributed by atoms with Gasteiger partial charge in [0.05, 0.1) is 17.4 Å². The third-order valence-electron chi connectivity index (χ3n) is 5.00. The zero-order valence-electron chi connectivity index (χ0n) is 14.6. The first-order valence-electron chi connectivity index (χ1n) is 8.68. The van der Waals surface area contributed by atoms with Gasteiger partial charge in [0, 0.05) is 46.4 Å². The van der Waals surface area contributed by atoms with Crippen LogP contribution in [0.3, 0.4) is 0 Å². The second kappa shape index (κ2) is 9.50. The Labute approximate surface area is 153 Å². The van der Waals surface area contributed by atoms with Crippen molar-refractivity contribution in [3.63, 3.8) is 0 Å². The van der Waals surface area contributed by atoms with Crippen molar-refractivity contribution in [2.45, 2.75) is 30.5 Å². The number of hydrogen-bond donors (Lipinski definition) is 1. The maximum atomic E-state index is 13.8. The molecule has 1 N–H and O–H groups in total. The van der Waals surface area contributed by atoms with Crippen LogP contribution >= 0.6 is 11.6 Å². The SMILES string of the molecule is C=CC(=O)N1CCN(CCNC(=O)C2CC(F)C(Cl)CC2OC)CC1. The van der Waals surface area contributed by atoms with E-state index in [-0.39, 0.29) is 24.3 Å². The Morgan fingerprint density at radius 2 is 2.00 bits per heavy atom. The Morgan fingerprint density at radius 3 is 2.60 bits per heavy atom. The number of piperazine rings is 1. The van der Waals surface area contributed by atoms with E-state index in [2.05, 4.69) is 16.8 Å². The second-order valence-corrected chi connectivity index (χ2v) is 7.11. The number of ether oxygens (including phenoxy) is 1. The summed E-state index contributed by atoms with van der Waals surface area (Å²) in [6, 6.07) is 0.